The fraction of sp³-hybridized carbons (Fsp3) is 0.600. The standard InChI is InChI=1S/C10H13N3O3S/c14-8(12-10-13-11-5-17-10)6-3-1-2-4-7(6)9(15)16/h5-7H,1-4H2,(H,15,16)(H,12,13,14). The largest absolute Gasteiger partial charge is 0.481 e. The third-order valence-corrected chi connectivity index (χ3v) is 3.62. The number of carboxylic acid groups (broad SMARTS) is 1. The van der Waals surface area contributed by atoms with Crippen LogP contribution in [0.3, 0.4) is 0 Å². The summed E-state index contributed by atoms with van der Waals surface area (Å²) in [5, 5.41) is 19.4. The summed E-state index contributed by atoms with van der Waals surface area (Å²) in [6.07, 6.45) is 2.97. The SMILES string of the molecule is O=C(O)C1CCCCC1C(=O)Nc1nncs1. The van der Waals surface area contributed by atoms with Crippen LogP contribution in [0.5, 0.6) is 0 Å². The minimum Gasteiger partial charge on any atom is -0.481 e. The summed E-state index contributed by atoms with van der Waals surface area (Å²) in [6, 6.07) is 0. The van der Waals surface area contributed by atoms with Crippen LogP contribution in [0.25, 0.3) is 0 Å². The highest BCUT2D eigenvalue weighted by molar-refractivity contribution is 7.13. The van der Waals surface area contributed by atoms with Gasteiger partial charge in [-0.1, -0.05) is 24.2 Å². The van der Waals surface area contributed by atoms with Crippen molar-refractivity contribution in [3.8, 4) is 0 Å². The number of hydrogen-bond donors (Lipinski definition) is 2. The summed E-state index contributed by atoms with van der Waals surface area (Å²) < 4.78 is 0. The van der Waals surface area contributed by atoms with E-state index in [-0.39, 0.29) is 5.91 Å². The van der Waals surface area contributed by atoms with Gasteiger partial charge in [0.05, 0.1) is 11.8 Å². The number of nitrogens with one attached hydrogen (secondary N) is 1. The molecule has 0 bridgehead atoms. The van der Waals surface area contributed by atoms with Crippen LogP contribution in [0.4, 0.5) is 5.13 Å². The van der Waals surface area contributed by atoms with Crippen LogP contribution in [0.15, 0.2) is 5.51 Å². The number of carbonyl (C=O) groups is 2. The molecule has 2 N–H and O–H groups in total. The zero-order valence-electron chi connectivity index (χ0n) is 9.13. The van der Waals surface area contributed by atoms with Crippen molar-refractivity contribution < 1.29 is 14.7 Å². The summed E-state index contributed by atoms with van der Waals surface area (Å²) in [6.45, 7) is 0. The normalized spacial score (nSPS) is 24.2. The smallest absolute Gasteiger partial charge is 0.307 e. The van der Waals surface area contributed by atoms with E-state index in [1.165, 1.54) is 16.8 Å². The number of amides is 1. The lowest BCUT2D eigenvalue weighted by Crippen LogP contribution is -2.36. The lowest BCUT2D eigenvalue weighted by atomic mass is 9.79. The van der Waals surface area contributed by atoms with E-state index in [0.29, 0.717) is 18.0 Å². The number of hydrogen-bond acceptors (Lipinski definition) is 5. The van der Waals surface area contributed by atoms with Crippen LogP contribution < -0.4 is 5.32 Å². The second kappa shape index (κ2) is 5.22. The van der Waals surface area contributed by atoms with Crippen molar-refractivity contribution in [2.75, 3.05) is 5.32 Å². The Morgan fingerprint density at radius 1 is 1.35 bits per heavy atom. The highest BCUT2D eigenvalue weighted by Crippen LogP contribution is 2.31. The van der Waals surface area contributed by atoms with Crippen molar-refractivity contribution >= 4 is 28.3 Å². The summed E-state index contributed by atoms with van der Waals surface area (Å²) in [7, 11) is 0. The summed E-state index contributed by atoms with van der Waals surface area (Å²) in [4.78, 5) is 23.0. The molecule has 2 rings (SSSR count). The van der Waals surface area contributed by atoms with Gasteiger partial charge < -0.3 is 10.4 Å². The number of aliphatic carboxylic acids is 1. The highest BCUT2D eigenvalue weighted by Gasteiger charge is 2.35. The molecular weight excluding hydrogens is 242 g/mol. The molecule has 0 spiro atoms. The lowest BCUT2D eigenvalue weighted by Gasteiger charge is -2.26. The second-order valence-corrected chi connectivity index (χ2v) is 4.90. The van der Waals surface area contributed by atoms with Crippen molar-refractivity contribution in [1.29, 1.82) is 0 Å². The molecule has 2 unspecified atom stereocenters. The molecular formula is C10H13N3O3S. The molecule has 1 aliphatic rings. The zero-order chi connectivity index (χ0) is 12.3. The van der Waals surface area contributed by atoms with Crippen molar-refractivity contribution in [2.24, 2.45) is 11.8 Å². The van der Waals surface area contributed by atoms with Gasteiger partial charge in [-0.05, 0) is 12.8 Å². The molecule has 1 amide bonds. The van der Waals surface area contributed by atoms with Crippen LogP contribution >= 0.6 is 11.3 Å². The third kappa shape index (κ3) is 2.79. The number of rotatable bonds is 3. The first-order chi connectivity index (χ1) is 8.18. The van der Waals surface area contributed by atoms with Gasteiger partial charge in [0.1, 0.15) is 5.51 Å². The number of carbonyl (C=O) groups excluding carboxylic acids is 1. The minimum atomic E-state index is -0.887. The van der Waals surface area contributed by atoms with Crippen molar-refractivity contribution in [3.63, 3.8) is 0 Å². The molecule has 1 saturated carbocycles. The molecule has 1 heterocycles. The van der Waals surface area contributed by atoms with Crippen molar-refractivity contribution in [1.82, 2.24) is 10.2 Å². The Bertz CT molecular complexity index is 407. The van der Waals surface area contributed by atoms with Gasteiger partial charge in [0.25, 0.3) is 0 Å². The predicted octanol–water partition coefficient (Wildman–Crippen LogP) is 1.37. The molecule has 0 saturated heterocycles. The van der Waals surface area contributed by atoms with E-state index in [1.807, 2.05) is 0 Å². The monoisotopic (exact) mass is 255 g/mol. The molecule has 1 aliphatic carbocycles. The Labute approximate surface area is 102 Å². The van der Waals surface area contributed by atoms with E-state index in [0.717, 1.165) is 12.8 Å². The average Bonchev–Trinajstić information content (AvgIpc) is 2.81. The molecule has 0 aromatic carbocycles. The van der Waals surface area contributed by atoms with Crippen LogP contribution in [-0.2, 0) is 9.59 Å². The number of anilines is 1. The first-order valence-corrected chi connectivity index (χ1v) is 6.36. The van der Waals surface area contributed by atoms with Gasteiger partial charge in [-0.2, -0.15) is 0 Å². The minimum absolute atomic E-state index is 0.256. The summed E-state index contributed by atoms with van der Waals surface area (Å²) >= 11 is 1.22. The van der Waals surface area contributed by atoms with Gasteiger partial charge >= 0.3 is 5.97 Å². The van der Waals surface area contributed by atoms with Gasteiger partial charge in [0.2, 0.25) is 11.0 Å². The van der Waals surface area contributed by atoms with Crippen molar-refractivity contribution in [2.45, 2.75) is 25.7 Å². The number of nitrogens with zero attached hydrogens (tertiary/aromatic N) is 2. The van der Waals surface area contributed by atoms with E-state index >= 15 is 0 Å². The molecule has 1 fully saturated rings. The second-order valence-electron chi connectivity index (χ2n) is 4.07. The van der Waals surface area contributed by atoms with Crippen LogP contribution in [0.2, 0.25) is 0 Å². The van der Waals surface area contributed by atoms with Gasteiger partial charge in [0.15, 0.2) is 0 Å². The van der Waals surface area contributed by atoms with Crippen LogP contribution in [0, 0.1) is 11.8 Å². The van der Waals surface area contributed by atoms with E-state index in [9.17, 15) is 9.59 Å². The van der Waals surface area contributed by atoms with Gasteiger partial charge in [-0.15, -0.1) is 10.2 Å². The molecule has 0 radical (unpaired) electrons. The Balaban J connectivity index is 2.03. The van der Waals surface area contributed by atoms with E-state index in [1.54, 1.807) is 0 Å². The van der Waals surface area contributed by atoms with E-state index in [2.05, 4.69) is 15.5 Å². The molecule has 1 aromatic heterocycles. The zero-order valence-corrected chi connectivity index (χ0v) is 9.94. The maximum atomic E-state index is 11.9. The van der Waals surface area contributed by atoms with E-state index < -0.39 is 17.8 Å². The molecule has 17 heavy (non-hydrogen) atoms. The molecule has 7 heteroatoms. The first kappa shape index (κ1) is 12.0. The molecule has 1 aromatic rings. The third-order valence-electron chi connectivity index (χ3n) is 3.01. The van der Waals surface area contributed by atoms with Gasteiger partial charge in [0, 0.05) is 0 Å². The lowest BCUT2D eigenvalue weighted by molar-refractivity contribution is -0.147. The fourth-order valence-corrected chi connectivity index (χ4v) is 2.61. The fourth-order valence-electron chi connectivity index (χ4n) is 2.17. The number of aromatic nitrogens is 2. The Morgan fingerprint density at radius 3 is 2.65 bits per heavy atom. The topological polar surface area (TPSA) is 92.2 Å². The van der Waals surface area contributed by atoms with E-state index in [4.69, 9.17) is 5.11 Å². The average molecular weight is 255 g/mol. The van der Waals surface area contributed by atoms with Crippen LogP contribution in [-0.4, -0.2) is 27.2 Å². The molecule has 2 atom stereocenters. The number of carboxylic acids is 1. The molecule has 92 valence electrons. The first-order valence-electron chi connectivity index (χ1n) is 5.48. The molecule has 6 nitrogen and oxygen atoms in total. The Morgan fingerprint density at radius 2 is 2.06 bits per heavy atom. The van der Waals surface area contributed by atoms with Crippen molar-refractivity contribution in [3.05, 3.63) is 5.51 Å². The summed E-state index contributed by atoms with van der Waals surface area (Å²) in [5.74, 6) is -2.17. The van der Waals surface area contributed by atoms with Crippen LogP contribution in [0.1, 0.15) is 25.7 Å². The van der Waals surface area contributed by atoms with Gasteiger partial charge in [-0.25, -0.2) is 0 Å². The Kier molecular flexibility index (Phi) is 3.68. The molecule has 0 aliphatic heterocycles. The highest BCUT2D eigenvalue weighted by atomic mass is 32.1. The van der Waals surface area contributed by atoms with Gasteiger partial charge in [-0.3, -0.25) is 9.59 Å². The maximum absolute atomic E-state index is 11.9. The Hall–Kier alpha value is -1.50. The predicted molar refractivity (Wildman–Crippen MR) is 61.6 cm³/mol. The summed E-state index contributed by atoms with van der Waals surface area (Å²) in [5.41, 5.74) is 1.52. The quantitative estimate of drug-likeness (QED) is 0.851. The maximum Gasteiger partial charge on any atom is 0.307 e.